The Kier molecular flexibility index (Phi) is 7.69. The van der Waals surface area contributed by atoms with E-state index in [-0.39, 0.29) is 12.2 Å². The number of thiazole rings is 1. The molecule has 7 rings (SSSR count). The Labute approximate surface area is 272 Å². The molecule has 6 nitrogen and oxygen atoms in total. The van der Waals surface area contributed by atoms with Gasteiger partial charge in [-0.2, -0.15) is 0 Å². The molecule has 2 aromatic heterocycles. The largest absolute Gasteiger partial charge is 0.463 e. The van der Waals surface area contributed by atoms with Crippen LogP contribution in [-0.4, -0.2) is 21.7 Å². The fraction of sp³-hybridized carbons (Fsp3) is 0.139. The second-order valence-electron chi connectivity index (χ2n) is 10.8. The van der Waals surface area contributed by atoms with Gasteiger partial charge in [-0.15, -0.1) is 0 Å². The van der Waals surface area contributed by atoms with Gasteiger partial charge in [0.15, 0.2) is 4.80 Å². The SMILES string of the molecule is CCOC(=O)C1=C(C)N=c2s/c(=C/c3cn(Cc4ccc(Cl)cc4Cl)c4ccccc34)c(=O)n2[C@@H]1c1cccc2ccccc12. The summed E-state index contributed by atoms with van der Waals surface area (Å²) in [5.41, 5.74) is 4.36. The van der Waals surface area contributed by atoms with Crippen LogP contribution in [0, 0.1) is 0 Å². The number of hydrogen-bond acceptors (Lipinski definition) is 5. The lowest BCUT2D eigenvalue weighted by Gasteiger charge is -2.25. The first kappa shape index (κ1) is 29.3. The molecule has 224 valence electrons. The van der Waals surface area contributed by atoms with Crippen LogP contribution in [0.25, 0.3) is 27.8 Å². The molecule has 3 heterocycles. The molecule has 0 N–H and O–H groups in total. The van der Waals surface area contributed by atoms with Crippen LogP contribution in [0.15, 0.2) is 112 Å². The molecule has 9 heteroatoms. The van der Waals surface area contributed by atoms with Gasteiger partial charge in [0.2, 0.25) is 0 Å². The number of esters is 1. The lowest BCUT2D eigenvalue weighted by molar-refractivity contribution is -0.139. The maximum Gasteiger partial charge on any atom is 0.338 e. The third-order valence-electron chi connectivity index (χ3n) is 8.10. The van der Waals surface area contributed by atoms with Gasteiger partial charge in [-0.1, -0.05) is 101 Å². The highest BCUT2D eigenvalue weighted by Gasteiger charge is 2.34. The minimum Gasteiger partial charge on any atom is -0.463 e. The van der Waals surface area contributed by atoms with E-state index in [1.807, 2.05) is 91.1 Å². The summed E-state index contributed by atoms with van der Waals surface area (Å²) >= 11 is 14.0. The number of ether oxygens (including phenoxy) is 1. The summed E-state index contributed by atoms with van der Waals surface area (Å²) in [6.07, 6.45) is 3.95. The van der Waals surface area contributed by atoms with E-state index in [2.05, 4.69) is 4.57 Å². The summed E-state index contributed by atoms with van der Waals surface area (Å²) in [4.78, 5) is 33.1. The Balaban J connectivity index is 1.42. The normalized spacial score (nSPS) is 15.0. The zero-order chi connectivity index (χ0) is 31.2. The lowest BCUT2D eigenvalue weighted by Crippen LogP contribution is -2.40. The standard InChI is InChI=1S/C36H27Cl2N3O3S/c1-3-44-35(43)32-21(2)39-36-41(33(32)28-13-8-10-22-9-4-5-11-26(22)28)34(42)31(45-36)17-24-20-40(30-14-7-6-12-27(24)30)19-23-15-16-25(37)18-29(23)38/h4-18,20,33H,3,19H2,1-2H3/b31-17+/t33-/m1/s1. The number of carbonyl (C=O) groups excluding carboxylic acids is 1. The van der Waals surface area contributed by atoms with Gasteiger partial charge in [-0.3, -0.25) is 9.36 Å². The molecule has 0 unspecified atom stereocenters. The van der Waals surface area contributed by atoms with E-state index in [4.69, 9.17) is 32.9 Å². The summed E-state index contributed by atoms with van der Waals surface area (Å²) in [6.45, 7) is 4.33. The third kappa shape index (κ3) is 5.21. The Morgan fingerprint density at radius 3 is 2.56 bits per heavy atom. The number of para-hydroxylation sites is 1. The summed E-state index contributed by atoms with van der Waals surface area (Å²) < 4.78 is 9.77. The maximum atomic E-state index is 14.4. The fourth-order valence-electron chi connectivity index (χ4n) is 6.07. The minimum absolute atomic E-state index is 0.216. The van der Waals surface area contributed by atoms with Crippen molar-refractivity contribution in [1.82, 2.24) is 9.13 Å². The molecule has 45 heavy (non-hydrogen) atoms. The van der Waals surface area contributed by atoms with Crippen LogP contribution in [-0.2, 0) is 16.1 Å². The van der Waals surface area contributed by atoms with Gasteiger partial charge >= 0.3 is 5.97 Å². The van der Waals surface area contributed by atoms with Crippen LogP contribution in [0.5, 0.6) is 0 Å². The van der Waals surface area contributed by atoms with Gasteiger partial charge in [-0.25, -0.2) is 9.79 Å². The average Bonchev–Trinajstić information content (AvgIpc) is 3.53. The number of carbonyl (C=O) groups is 1. The van der Waals surface area contributed by atoms with Crippen molar-refractivity contribution < 1.29 is 9.53 Å². The van der Waals surface area contributed by atoms with Crippen molar-refractivity contribution in [3.63, 3.8) is 0 Å². The topological polar surface area (TPSA) is 65.6 Å². The van der Waals surface area contributed by atoms with Gasteiger partial charge < -0.3 is 9.30 Å². The lowest BCUT2D eigenvalue weighted by atomic mass is 9.91. The molecule has 0 bridgehead atoms. The number of aromatic nitrogens is 2. The molecule has 0 saturated heterocycles. The number of benzene rings is 4. The molecule has 0 radical (unpaired) electrons. The van der Waals surface area contributed by atoms with Crippen LogP contribution in [0.4, 0.5) is 0 Å². The molecule has 4 aromatic carbocycles. The van der Waals surface area contributed by atoms with Gasteiger partial charge in [0.25, 0.3) is 5.56 Å². The summed E-state index contributed by atoms with van der Waals surface area (Å²) in [5.74, 6) is -0.477. The van der Waals surface area contributed by atoms with Crippen LogP contribution in [0.3, 0.4) is 0 Å². The van der Waals surface area contributed by atoms with E-state index in [9.17, 15) is 9.59 Å². The zero-order valence-electron chi connectivity index (χ0n) is 24.5. The van der Waals surface area contributed by atoms with Crippen molar-refractivity contribution in [2.24, 2.45) is 4.99 Å². The highest BCUT2D eigenvalue weighted by Crippen LogP contribution is 2.35. The molecule has 0 saturated carbocycles. The van der Waals surface area contributed by atoms with E-state index in [0.717, 1.165) is 38.4 Å². The number of hydrogen-bond donors (Lipinski definition) is 0. The Hall–Kier alpha value is -4.43. The van der Waals surface area contributed by atoms with Crippen molar-refractivity contribution >= 4 is 68.3 Å². The predicted octanol–water partition coefficient (Wildman–Crippen LogP) is 7.26. The highest BCUT2D eigenvalue weighted by molar-refractivity contribution is 7.07. The Bertz CT molecular complexity index is 2360. The van der Waals surface area contributed by atoms with E-state index >= 15 is 0 Å². The number of fused-ring (bicyclic) bond motifs is 3. The van der Waals surface area contributed by atoms with Crippen LogP contribution in [0.2, 0.25) is 10.0 Å². The third-order valence-corrected chi connectivity index (χ3v) is 9.67. The van der Waals surface area contributed by atoms with Crippen molar-refractivity contribution in [1.29, 1.82) is 0 Å². The number of nitrogens with zero attached hydrogens (tertiary/aromatic N) is 3. The Morgan fingerprint density at radius 1 is 1.00 bits per heavy atom. The zero-order valence-corrected chi connectivity index (χ0v) is 26.8. The first-order valence-corrected chi connectivity index (χ1v) is 16.1. The summed E-state index contributed by atoms with van der Waals surface area (Å²) in [7, 11) is 0. The smallest absolute Gasteiger partial charge is 0.338 e. The highest BCUT2D eigenvalue weighted by atomic mass is 35.5. The monoisotopic (exact) mass is 651 g/mol. The number of rotatable bonds is 6. The van der Waals surface area contributed by atoms with E-state index in [0.29, 0.717) is 37.2 Å². The maximum absolute atomic E-state index is 14.4. The molecule has 6 aromatic rings. The summed E-state index contributed by atoms with van der Waals surface area (Å²) in [5, 5.41) is 4.16. The van der Waals surface area contributed by atoms with E-state index in [1.54, 1.807) is 24.5 Å². The van der Waals surface area contributed by atoms with Crippen molar-refractivity contribution in [3.05, 3.63) is 149 Å². The van der Waals surface area contributed by atoms with Crippen LogP contribution in [0.1, 0.15) is 36.6 Å². The van der Waals surface area contributed by atoms with Crippen molar-refractivity contribution in [3.8, 4) is 0 Å². The Morgan fingerprint density at radius 2 is 1.76 bits per heavy atom. The molecule has 0 spiro atoms. The minimum atomic E-state index is -0.693. The van der Waals surface area contributed by atoms with Crippen LogP contribution >= 0.6 is 34.5 Å². The van der Waals surface area contributed by atoms with Gasteiger partial charge in [0, 0.05) is 39.3 Å². The van der Waals surface area contributed by atoms with E-state index < -0.39 is 12.0 Å². The second-order valence-corrected chi connectivity index (χ2v) is 12.7. The molecule has 1 aliphatic heterocycles. The van der Waals surface area contributed by atoms with Crippen molar-refractivity contribution in [2.45, 2.75) is 26.4 Å². The molecule has 0 fully saturated rings. The fourth-order valence-corrected chi connectivity index (χ4v) is 7.58. The quantitative estimate of drug-likeness (QED) is 0.178. The second kappa shape index (κ2) is 11.8. The first-order chi connectivity index (χ1) is 21.8. The van der Waals surface area contributed by atoms with E-state index in [1.165, 1.54) is 11.3 Å². The predicted molar refractivity (Wildman–Crippen MR) is 182 cm³/mol. The van der Waals surface area contributed by atoms with Crippen molar-refractivity contribution in [2.75, 3.05) is 6.61 Å². The molecule has 0 aliphatic carbocycles. The first-order valence-electron chi connectivity index (χ1n) is 14.5. The molecule has 0 amide bonds. The average molecular weight is 653 g/mol. The van der Waals surface area contributed by atoms with Gasteiger partial charge in [-0.05, 0) is 60.0 Å². The van der Waals surface area contributed by atoms with Gasteiger partial charge in [0.1, 0.15) is 0 Å². The number of allylic oxidation sites excluding steroid dienone is 1. The van der Waals surface area contributed by atoms with Gasteiger partial charge in [0.05, 0.1) is 28.5 Å². The molecular weight excluding hydrogens is 625 g/mol. The number of halogens is 2. The summed E-state index contributed by atoms with van der Waals surface area (Å²) in [6, 6.07) is 26.8. The van der Waals surface area contributed by atoms with Crippen LogP contribution < -0.4 is 14.9 Å². The molecular formula is C36H27Cl2N3O3S. The molecule has 1 atom stereocenters. The molecule has 1 aliphatic rings.